The molecule has 1 aromatic heterocycles. The lowest BCUT2D eigenvalue weighted by atomic mass is 10.1. The van der Waals surface area contributed by atoms with E-state index in [1.165, 1.54) is 12.1 Å². The SMILES string of the molecule is Cc1ccc(N2CC(c3noc(-c4cccc(F)c4)n3)CC2=O)c(C)c1. The van der Waals surface area contributed by atoms with Crippen LogP contribution in [0, 0.1) is 19.7 Å². The molecule has 1 fully saturated rings. The van der Waals surface area contributed by atoms with Crippen LogP contribution in [0.2, 0.25) is 0 Å². The van der Waals surface area contributed by atoms with E-state index in [0.717, 1.165) is 16.8 Å². The number of benzene rings is 2. The number of aromatic nitrogens is 2. The summed E-state index contributed by atoms with van der Waals surface area (Å²) in [4.78, 5) is 18.7. The first-order valence-corrected chi connectivity index (χ1v) is 8.48. The lowest BCUT2D eigenvalue weighted by molar-refractivity contribution is -0.117. The van der Waals surface area contributed by atoms with E-state index in [0.29, 0.717) is 24.4 Å². The number of hydrogen-bond acceptors (Lipinski definition) is 4. The van der Waals surface area contributed by atoms with Gasteiger partial charge in [0, 0.05) is 30.1 Å². The minimum Gasteiger partial charge on any atom is -0.334 e. The zero-order valence-corrected chi connectivity index (χ0v) is 14.6. The first kappa shape index (κ1) is 16.4. The Morgan fingerprint density at radius 2 is 2.04 bits per heavy atom. The Kier molecular flexibility index (Phi) is 4.03. The van der Waals surface area contributed by atoms with Gasteiger partial charge in [-0.3, -0.25) is 4.79 Å². The van der Waals surface area contributed by atoms with Crippen LogP contribution in [-0.2, 0) is 4.79 Å². The number of aryl methyl sites for hydroxylation is 2. The molecule has 2 aromatic carbocycles. The molecule has 1 unspecified atom stereocenters. The van der Waals surface area contributed by atoms with Crippen molar-refractivity contribution in [2.24, 2.45) is 0 Å². The van der Waals surface area contributed by atoms with E-state index in [9.17, 15) is 9.18 Å². The number of anilines is 1. The Balaban J connectivity index is 1.58. The minimum absolute atomic E-state index is 0.0408. The van der Waals surface area contributed by atoms with Crippen LogP contribution in [0.4, 0.5) is 10.1 Å². The molecule has 0 aliphatic carbocycles. The first-order valence-electron chi connectivity index (χ1n) is 8.48. The summed E-state index contributed by atoms with van der Waals surface area (Å²) in [7, 11) is 0. The molecule has 132 valence electrons. The molecule has 1 saturated heterocycles. The van der Waals surface area contributed by atoms with Crippen LogP contribution in [0.3, 0.4) is 0 Å². The van der Waals surface area contributed by atoms with E-state index in [2.05, 4.69) is 16.2 Å². The highest BCUT2D eigenvalue weighted by Gasteiger charge is 2.35. The molecule has 3 aromatic rings. The molecular weight excluding hydrogens is 333 g/mol. The number of rotatable bonds is 3. The number of hydrogen-bond donors (Lipinski definition) is 0. The van der Waals surface area contributed by atoms with Gasteiger partial charge in [-0.1, -0.05) is 28.9 Å². The summed E-state index contributed by atoms with van der Waals surface area (Å²) in [5, 5.41) is 4.02. The molecule has 26 heavy (non-hydrogen) atoms. The lowest BCUT2D eigenvalue weighted by Gasteiger charge is -2.19. The van der Waals surface area contributed by atoms with Gasteiger partial charge in [0.1, 0.15) is 5.82 Å². The molecule has 1 amide bonds. The van der Waals surface area contributed by atoms with E-state index in [1.807, 2.05) is 26.0 Å². The van der Waals surface area contributed by atoms with Crippen molar-refractivity contribution in [1.29, 1.82) is 0 Å². The van der Waals surface area contributed by atoms with Gasteiger partial charge in [0.15, 0.2) is 5.82 Å². The summed E-state index contributed by atoms with van der Waals surface area (Å²) >= 11 is 0. The van der Waals surface area contributed by atoms with E-state index < -0.39 is 0 Å². The topological polar surface area (TPSA) is 59.2 Å². The highest BCUT2D eigenvalue weighted by Crippen LogP contribution is 2.33. The number of carbonyl (C=O) groups is 1. The Labute approximate surface area is 150 Å². The van der Waals surface area contributed by atoms with Gasteiger partial charge in [0.2, 0.25) is 5.91 Å². The number of carbonyl (C=O) groups excluding carboxylic acids is 1. The second-order valence-electron chi connectivity index (χ2n) is 6.66. The Bertz CT molecular complexity index is 983. The van der Waals surface area contributed by atoms with Crippen molar-refractivity contribution in [3.05, 3.63) is 65.2 Å². The molecule has 0 spiro atoms. The summed E-state index contributed by atoms with van der Waals surface area (Å²) < 4.78 is 18.7. The minimum atomic E-state index is -0.362. The van der Waals surface area contributed by atoms with Crippen LogP contribution in [0.15, 0.2) is 47.0 Å². The van der Waals surface area contributed by atoms with Crippen LogP contribution in [0.25, 0.3) is 11.5 Å². The van der Waals surface area contributed by atoms with E-state index in [4.69, 9.17) is 4.52 Å². The number of nitrogens with zero attached hydrogens (tertiary/aromatic N) is 3. The number of amides is 1. The van der Waals surface area contributed by atoms with E-state index >= 15 is 0 Å². The zero-order chi connectivity index (χ0) is 18.3. The maximum absolute atomic E-state index is 13.4. The third-order valence-electron chi connectivity index (χ3n) is 4.65. The molecule has 1 aliphatic rings. The Morgan fingerprint density at radius 3 is 2.81 bits per heavy atom. The van der Waals surface area contributed by atoms with Crippen molar-refractivity contribution in [2.75, 3.05) is 11.4 Å². The molecule has 0 bridgehead atoms. The van der Waals surface area contributed by atoms with E-state index in [1.54, 1.807) is 17.0 Å². The van der Waals surface area contributed by atoms with Gasteiger partial charge in [-0.25, -0.2) is 4.39 Å². The van der Waals surface area contributed by atoms with Crippen molar-refractivity contribution in [3.63, 3.8) is 0 Å². The van der Waals surface area contributed by atoms with Gasteiger partial charge in [-0.2, -0.15) is 4.98 Å². The van der Waals surface area contributed by atoms with Gasteiger partial charge in [-0.15, -0.1) is 0 Å². The molecule has 1 aliphatic heterocycles. The average Bonchev–Trinajstić information content (AvgIpc) is 3.22. The maximum atomic E-state index is 13.4. The van der Waals surface area contributed by atoms with Crippen molar-refractivity contribution in [1.82, 2.24) is 10.1 Å². The molecule has 1 atom stereocenters. The molecule has 6 heteroatoms. The standard InChI is InChI=1S/C20H18FN3O2/c1-12-6-7-17(13(2)8-12)24-11-15(10-18(24)25)19-22-20(26-23-19)14-4-3-5-16(21)9-14/h3-9,15H,10-11H2,1-2H3. The highest BCUT2D eigenvalue weighted by atomic mass is 19.1. The molecule has 5 nitrogen and oxygen atoms in total. The monoisotopic (exact) mass is 351 g/mol. The van der Waals surface area contributed by atoms with Crippen LogP contribution < -0.4 is 4.90 Å². The maximum Gasteiger partial charge on any atom is 0.258 e. The summed E-state index contributed by atoms with van der Waals surface area (Å²) in [6.45, 7) is 4.53. The summed E-state index contributed by atoms with van der Waals surface area (Å²) in [6.07, 6.45) is 0.329. The first-order chi connectivity index (χ1) is 12.5. The summed E-state index contributed by atoms with van der Waals surface area (Å²) in [5.74, 6) is 0.273. The third-order valence-corrected chi connectivity index (χ3v) is 4.65. The van der Waals surface area contributed by atoms with Gasteiger partial charge in [0.05, 0.1) is 0 Å². The van der Waals surface area contributed by atoms with Crippen LogP contribution in [0.1, 0.15) is 29.3 Å². The lowest BCUT2D eigenvalue weighted by Crippen LogP contribution is -2.25. The fraction of sp³-hybridized carbons (Fsp3) is 0.250. The Morgan fingerprint density at radius 1 is 1.19 bits per heavy atom. The predicted molar refractivity (Wildman–Crippen MR) is 95.3 cm³/mol. The van der Waals surface area contributed by atoms with Crippen LogP contribution >= 0.6 is 0 Å². The van der Waals surface area contributed by atoms with Crippen LogP contribution in [-0.4, -0.2) is 22.6 Å². The fourth-order valence-electron chi connectivity index (χ4n) is 3.36. The predicted octanol–water partition coefficient (Wildman–Crippen LogP) is 4.01. The van der Waals surface area contributed by atoms with Crippen molar-refractivity contribution in [3.8, 4) is 11.5 Å². The third kappa shape index (κ3) is 2.98. The number of halogens is 1. The van der Waals surface area contributed by atoms with Gasteiger partial charge >= 0.3 is 0 Å². The smallest absolute Gasteiger partial charge is 0.258 e. The van der Waals surface area contributed by atoms with Gasteiger partial charge in [-0.05, 0) is 43.7 Å². The highest BCUT2D eigenvalue weighted by molar-refractivity contribution is 5.97. The second kappa shape index (κ2) is 6.37. The zero-order valence-electron chi connectivity index (χ0n) is 14.6. The van der Waals surface area contributed by atoms with Crippen molar-refractivity contribution >= 4 is 11.6 Å². The summed E-state index contributed by atoms with van der Waals surface area (Å²) in [6, 6.07) is 12.0. The van der Waals surface area contributed by atoms with Crippen molar-refractivity contribution < 1.29 is 13.7 Å². The molecule has 2 heterocycles. The van der Waals surface area contributed by atoms with Gasteiger partial charge in [0.25, 0.3) is 5.89 Å². The molecule has 0 N–H and O–H groups in total. The molecule has 0 saturated carbocycles. The molecule has 0 radical (unpaired) electrons. The van der Waals surface area contributed by atoms with Gasteiger partial charge < -0.3 is 9.42 Å². The molecular formula is C20H18FN3O2. The van der Waals surface area contributed by atoms with E-state index in [-0.39, 0.29) is 23.5 Å². The largest absolute Gasteiger partial charge is 0.334 e. The summed E-state index contributed by atoms with van der Waals surface area (Å²) in [5.41, 5.74) is 3.66. The van der Waals surface area contributed by atoms with Crippen molar-refractivity contribution in [2.45, 2.75) is 26.2 Å². The molecule has 4 rings (SSSR count). The quantitative estimate of drug-likeness (QED) is 0.715. The fourth-order valence-corrected chi connectivity index (χ4v) is 3.36. The average molecular weight is 351 g/mol. The van der Waals surface area contributed by atoms with Crippen LogP contribution in [0.5, 0.6) is 0 Å². The Hall–Kier alpha value is -3.02. The second-order valence-corrected chi connectivity index (χ2v) is 6.66. The normalized spacial score (nSPS) is 17.1.